The lowest BCUT2D eigenvalue weighted by Crippen LogP contribution is -2.57. The van der Waals surface area contributed by atoms with Crippen molar-refractivity contribution in [2.75, 3.05) is 20.7 Å². The molecule has 4 atom stereocenters. The zero-order valence-electron chi connectivity index (χ0n) is 22.7. The second kappa shape index (κ2) is 10.4. The molecule has 1 fully saturated rings. The van der Waals surface area contributed by atoms with Crippen molar-refractivity contribution in [1.82, 2.24) is 20.9 Å². The number of carbonyl (C=O) groups is 3. The van der Waals surface area contributed by atoms with E-state index >= 15 is 0 Å². The summed E-state index contributed by atoms with van der Waals surface area (Å²) >= 11 is 0. The smallest absolute Gasteiger partial charge is 0.246 e. The van der Waals surface area contributed by atoms with E-state index in [0.717, 1.165) is 36.0 Å². The van der Waals surface area contributed by atoms with Crippen molar-refractivity contribution in [2.24, 2.45) is 5.41 Å². The number of methoxy groups -OCH3 is 1. The Kier molecular flexibility index (Phi) is 7.18. The Morgan fingerprint density at radius 3 is 2.61 bits per heavy atom. The quantitative estimate of drug-likeness (QED) is 0.546. The first kappa shape index (κ1) is 26.2. The lowest BCUT2D eigenvalue weighted by molar-refractivity contribution is -0.145. The molecule has 2 aromatic rings. The maximum absolute atomic E-state index is 14.2. The summed E-state index contributed by atoms with van der Waals surface area (Å²) in [5.74, 6) is 0.0914. The van der Waals surface area contributed by atoms with Gasteiger partial charge in [0, 0.05) is 6.42 Å². The van der Waals surface area contributed by atoms with E-state index in [2.05, 4.69) is 41.9 Å². The molecule has 2 aliphatic heterocycles. The Morgan fingerprint density at radius 2 is 1.84 bits per heavy atom. The standard InChI is InChI=1S/C30H38N4O4/c1-30(2)16-25-22-13-12-20(38-4)14-19(22)15-24(32-26(35)17-31-3)29(37)34(25)27(30)28(36)33-23-11-7-9-18-8-5-6-10-21(18)23/h5-6,8,10,12-14,23-25,27,31H,7,9,11,15-17H2,1-4H3,(H,32,35)(H,33,36)/t23-,24+,25?,27?/m1/s1. The van der Waals surface area contributed by atoms with Gasteiger partial charge in [0.1, 0.15) is 17.8 Å². The Labute approximate surface area is 224 Å². The van der Waals surface area contributed by atoms with Gasteiger partial charge in [0.2, 0.25) is 17.7 Å². The summed E-state index contributed by atoms with van der Waals surface area (Å²) in [6, 6.07) is 12.4. The fourth-order valence-corrected chi connectivity index (χ4v) is 6.66. The van der Waals surface area contributed by atoms with Crippen molar-refractivity contribution in [3.63, 3.8) is 0 Å². The van der Waals surface area contributed by atoms with Gasteiger partial charge >= 0.3 is 0 Å². The molecule has 3 aliphatic rings. The molecular formula is C30H38N4O4. The third kappa shape index (κ3) is 4.77. The number of likely N-dealkylation sites (N-methyl/N-ethyl adjacent to an activating group) is 1. The fourth-order valence-electron chi connectivity index (χ4n) is 6.66. The number of benzene rings is 2. The van der Waals surface area contributed by atoms with Crippen molar-refractivity contribution in [3.05, 3.63) is 64.7 Å². The number of carbonyl (C=O) groups excluding carboxylic acids is 3. The molecule has 8 nitrogen and oxygen atoms in total. The molecule has 0 spiro atoms. The summed E-state index contributed by atoms with van der Waals surface area (Å²) < 4.78 is 5.47. The van der Waals surface area contributed by atoms with Crippen molar-refractivity contribution in [3.8, 4) is 5.75 Å². The highest BCUT2D eigenvalue weighted by molar-refractivity contribution is 5.94. The molecule has 1 saturated heterocycles. The van der Waals surface area contributed by atoms with Crippen LogP contribution in [-0.4, -0.2) is 55.4 Å². The van der Waals surface area contributed by atoms with Crippen LogP contribution < -0.4 is 20.7 Å². The molecular weight excluding hydrogens is 480 g/mol. The summed E-state index contributed by atoms with van der Waals surface area (Å²) in [7, 11) is 3.31. The molecule has 3 N–H and O–H groups in total. The summed E-state index contributed by atoms with van der Waals surface area (Å²) in [6.07, 6.45) is 3.89. The largest absolute Gasteiger partial charge is 0.497 e. The summed E-state index contributed by atoms with van der Waals surface area (Å²) in [6.45, 7) is 4.23. The minimum Gasteiger partial charge on any atom is -0.497 e. The van der Waals surface area contributed by atoms with E-state index in [1.54, 1.807) is 19.1 Å². The molecule has 2 unspecified atom stereocenters. The first-order valence-electron chi connectivity index (χ1n) is 13.5. The van der Waals surface area contributed by atoms with Crippen molar-refractivity contribution >= 4 is 17.7 Å². The van der Waals surface area contributed by atoms with Crippen LogP contribution >= 0.6 is 0 Å². The Hall–Kier alpha value is -3.39. The Bertz CT molecular complexity index is 1240. The van der Waals surface area contributed by atoms with Gasteiger partial charge in [0.25, 0.3) is 0 Å². The maximum Gasteiger partial charge on any atom is 0.246 e. The second-order valence-corrected chi connectivity index (χ2v) is 11.4. The topological polar surface area (TPSA) is 99.8 Å². The monoisotopic (exact) mass is 518 g/mol. The minimum absolute atomic E-state index is 0.0768. The van der Waals surface area contributed by atoms with Crippen LogP contribution in [0, 0.1) is 5.41 Å². The van der Waals surface area contributed by atoms with E-state index in [1.807, 2.05) is 30.3 Å². The number of nitrogens with one attached hydrogen (secondary N) is 3. The van der Waals surface area contributed by atoms with Crippen LogP contribution in [0.15, 0.2) is 42.5 Å². The molecule has 3 amide bonds. The van der Waals surface area contributed by atoms with E-state index in [-0.39, 0.29) is 36.3 Å². The van der Waals surface area contributed by atoms with Crippen molar-refractivity contribution in [1.29, 1.82) is 0 Å². The van der Waals surface area contributed by atoms with E-state index < -0.39 is 17.5 Å². The molecule has 202 valence electrons. The van der Waals surface area contributed by atoms with Crippen LogP contribution in [0.3, 0.4) is 0 Å². The fraction of sp³-hybridized carbons (Fsp3) is 0.500. The molecule has 0 bridgehead atoms. The number of ether oxygens (including phenoxy) is 1. The molecule has 38 heavy (non-hydrogen) atoms. The SMILES string of the molecule is CNCC(=O)N[C@H]1Cc2cc(OC)ccc2C2CC(C)(C)C(C(=O)N[C@@H]3CCCc4ccccc43)N2C1=O. The Morgan fingerprint density at radius 1 is 1.05 bits per heavy atom. The highest BCUT2D eigenvalue weighted by atomic mass is 16.5. The number of aryl methyl sites for hydroxylation is 1. The van der Waals surface area contributed by atoms with Gasteiger partial charge in [-0.2, -0.15) is 0 Å². The van der Waals surface area contributed by atoms with Crippen LogP contribution in [0.2, 0.25) is 0 Å². The number of hydrogen-bond acceptors (Lipinski definition) is 5. The van der Waals surface area contributed by atoms with Gasteiger partial charge in [0.05, 0.1) is 25.7 Å². The highest BCUT2D eigenvalue weighted by Gasteiger charge is 2.55. The number of fused-ring (bicyclic) bond motifs is 4. The first-order chi connectivity index (χ1) is 18.2. The number of hydrogen-bond donors (Lipinski definition) is 3. The molecule has 0 radical (unpaired) electrons. The van der Waals surface area contributed by atoms with Gasteiger partial charge in [-0.25, -0.2) is 0 Å². The maximum atomic E-state index is 14.2. The zero-order valence-corrected chi connectivity index (χ0v) is 22.7. The van der Waals surface area contributed by atoms with E-state index in [4.69, 9.17) is 4.74 Å². The van der Waals surface area contributed by atoms with Gasteiger partial charge in [-0.05, 0) is 72.5 Å². The average Bonchev–Trinajstić information content (AvgIpc) is 3.13. The van der Waals surface area contributed by atoms with Crippen molar-refractivity contribution < 1.29 is 19.1 Å². The first-order valence-corrected chi connectivity index (χ1v) is 13.5. The molecule has 5 rings (SSSR count). The molecule has 8 heteroatoms. The van der Waals surface area contributed by atoms with Crippen LogP contribution in [0.5, 0.6) is 5.75 Å². The van der Waals surface area contributed by atoms with E-state index in [0.29, 0.717) is 18.6 Å². The molecule has 0 aromatic heterocycles. The van der Waals surface area contributed by atoms with Gasteiger partial charge < -0.3 is 25.6 Å². The number of rotatable bonds is 6. The molecule has 2 heterocycles. The predicted molar refractivity (Wildman–Crippen MR) is 145 cm³/mol. The van der Waals surface area contributed by atoms with Crippen molar-refractivity contribution in [2.45, 2.75) is 70.1 Å². The highest BCUT2D eigenvalue weighted by Crippen LogP contribution is 2.50. The third-order valence-corrected chi connectivity index (χ3v) is 8.37. The summed E-state index contributed by atoms with van der Waals surface area (Å²) in [4.78, 5) is 42.6. The lowest BCUT2D eigenvalue weighted by atomic mass is 9.81. The predicted octanol–water partition coefficient (Wildman–Crippen LogP) is 2.82. The van der Waals surface area contributed by atoms with Gasteiger partial charge in [-0.3, -0.25) is 14.4 Å². The number of nitrogens with zero attached hydrogens (tertiary/aromatic N) is 1. The third-order valence-electron chi connectivity index (χ3n) is 8.37. The average molecular weight is 519 g/mol. The van der Waals surface area contributed by atoms with Gasteiger partial charge in [-0.15, -0.1) is 0 Å². The van der Waals surface area contributed by atoms with Crippen LogP contribution in [0.25, 0.3) is 0 Å². The Balaban J connectivity index is 1.51. The normalized spacial score (nSPS) is 25.5. The zero-order chi connectivity index (χ0) is 27.0. The summed E-state index contributed by atoms with van der Waals surface area (Å²) in [5.41, 5.74) is 3.94. The van der Waals surface area contributed by atoms with Crippen LogP contribution in [-0.2, 0) is 27.2 Å². The minimum atomic E-state index is -0.772. The van der Waals surface area contributed by atoms with E-state index in [1.165, 1.54) is 5.56 Å². The number of amides is 3. The van der Waals surface area contributed by atoms with Gasteiger partial charge in [0.15, 0.2) is 0 Å². The van der Waals surface area contributed by atoms with Gasteiger partial charge in [-0.1, -0.05) is 44.2 Å². The molecule has 0 saturated carbocycles. The lowest BCUT2D eigenvalue weighted by Gasteiger charge is -2.36. The van der Waals surface area contributed by atoms with Crippen LogP contribution in [0.1, 0.15) is 67.4 Å². The molecule has 1 aliphatic carbocycles. The second-order valence-electron chi connectivity index (χ2n) is 11.4. The van der Waals surface area contributed by atoms with Crippen LogP contribution in [0.4, 0.5) is 0 Å². The van der Waals surface area contributed by atoms with E-state index in [9.17, 15) is 14.4 Å². The molecule has 2 aromatic carbocycles. The summed E-state index contributed by atoms with van der Waals surface area (Å²) in [5, 5.41) is 9.08.